The first-order valence-corrected chi connectivity index (χ1v) is 17.0. The Kier molecular flexibility index (Phi) is 8.99. The van der Waals surface area contributed by atoms with Gasteiger partial charge in [-0.25, -0.2) is 18.4 Å². The summed E-state index contributed by atoms with van der Waals surface area (Å²) < 4.78 is 32.2. The number of thiophene rings is 1. The number of nitrogens with one attached hydrogen (secondary N) is 1. The van der Waals surface area contributed by atoms with Crippen molar-refractivity contribution in [2.45, 2.75) is 76.5 Å². The molecule has 11 nitrogen and oxygen atoms in total. The van der Waals surface area contributed by atoms with Crippen molar-refractivity contribution in [2.24, 2.45) is 0 Å². The number of carbonyl (C=O) groups excluding carboxylic acids is 1. The molecule has 13 heteroatoms. The summed E-state index contributed by atoms with van der Waals surface area (Å²) in [5, 5.41) is 18.2. The van der Waals surface area contributed by atoms with E-state index in [2.05, 4.69) is 10.4 Å². The van der Waals surface area contributed by atoms with Crippen LogP contribution in [0.3, 0.4) is 0 Å². The van der Waals surface area contributed by atoms with Crippen molar-refractivity contribution >= 4 is 27.5 Å². The molecule has 7 rings (SSSR count). The summed E-state index contributed by atoms with van der Waals surface area (Å²) in [5.41, 5.74) is 0.761. The number of aliphatic hydroxyl groups excluding tert-OH is 1. The lowest BCUT2D eigenvalue weighted by molar-refractivity contribution is -0.122. The molecule has 250 valence electrons. The number of carbonyl (C=O) groups is 1. The van der Waals surface area contributed by atoms with Gasteiger partial charge in [-0.15, -0.1) is 0 Å². The van der Waals surface area contributed by atoms with E-state index in [9.17, 15) is 19.5 Å². The minimum absolute atomic E-state index is 0.0906. The predicted molar refractivity (Wildman–Crippen MR) is 178 cm³/mol. The van der Waals surface area contributed by atoms with Gasteiger partial charge in [0.25, 0.3) is 5.56 Å². The second-order valence-electron chi connectivity index (χ2n) is 12.3. The van der Waals surface area contributed by atoms with Gasteiger partial charge in [-0.05, 0) is 68.9 Å². The van der Waals surface area contributed by atoms with Crippen LogP contribution in [0.2, 0.25) is 0 Å². The summed E-state index contributed by atoms with van der Waals surface area (Å²) in [7, 11) is 0. The van der Waals surface area contributed by atoms with E-state index in [4.69, 9.17) is 9.47 Å². The highest BCUT2D eigenvalue weighted by atomic mass is 32.1. The maximum Gasteiger partial charge on any atom is 0.332 e. The molecule has 2 aliphatic rings. The number of aryl methyl sites for hydroxylation is 1. The molecule has 48 heavy (non-hydrogen) atoms. The number of aliphatic hydroxyl groups is 1. The van der Waals surface area contributed by atoms with E-state index < -0.39 is 41.2 Å². The largest absolute Gasteiger partial charge is 0.489 e. The van der Waals surface area contributed by atoms with Crippen LogP contribution in [-0.4, -0.2) is 48.7 Å². The number of aromatic nitrogens is 4. The Balaban J connectivity index is 1.38. The summed E-state index contributed by atoms with van der Waals surface area (Å²) in [6.45, 7) is 2.28. The van der Waals surface area contributed by atoms with Gasteiger partial charge < -0.3 is 19.9 Å². The standard InChI is InChI=1S/C35H36FN5O6S/c1-21-30-32(44)41(27-14-16-37-31(27)43)35(45)39(34(30)48-33(21)40-17-5-15-38-40)19-29(47-25-11-9-24(42)10-12-25)26-18-23(36)8-13-28(26)46-20-22-6-3-2-4-7-22/h2-8,13,15,17-18,24-25,27,29,42H,9-12,14,16,19-20H2,1H3,(H,37,43)/t24-,25+,27-,29-/m0/s1. The molecule has 2 fully saturated rings. The molecular weight excluding hydrogens is 637 g/mol. The van der Waals surface area contributed by atoms with E-state index in [1.807, 2.05) is 30.3 Å². The predicted octanol–water partition coefficient (Wildman–Crippen LogP) is 4.56. The minimum Gasteiger partial charge on any atom is -0.489 e. The van der Waals surface area contributed by atoms with Gasteiger partial charge in [0.15, 0.2) is 0 Å². The number of rotatable bonds is 10. The highest BCUT2D eigenvalue weighted by Gasteiger charge is 2.34. The van der Waals surface area contributed by atoms with Crippen LogP contribution in [0.25, 0.3) is 15.2 Å². The molecular formula is C35H36FN5O6S. The molecule has 4 heterocycles. The van der Waals surface area contributed by atoms with Crippen molar-refractivity contribution in [1.82, 2.24) is 24.2 Å². The van der Waals surface area contributed by atoms with Crippen LogP contribution in [0, 0.1) is 12.7 Å². The molecule has 1 aliphatic carbocycles. The molecule has 0 unspecified atom stereocenters. The minimum atomic E-state index is -0.966. The smallest absolute Gasteiger partial charge is 0.332 e. The van der Waals surface area contributed by atoms with Crippen LogP contribution in [0.15, 0.2) is 76.6 Å². The highest BCUT2D eigenvalue weighted by Crippen LogP contribution is 2.37. The van der Waals surface area contributed by atoms with Crippen molar-refractivity contribution in [3.05, 3.63) is 110 Å². The lowest BCUT2D eigenvalue weighted by Gasteiger charge is -2.31. The first-order chi connectivity index (χ1) is 23.3. The van der Waals surface area contributed by atoms with Crippen molar-refractivity contribution in [3.8, 4) is 10.8 Å². The van der Waals surface area contributed by atoms with Crippen molar-refractivity contribution in [3.63, 3.8) is 0 Å². The van der Waals surface area contributed by atoms with Gasteiger partial charge in [-0.3, -0.25) is 14.2 Å². The van der Waals surface area contributed by atoms with Gasteiger partial charge in [0.05, 0.1) is 24.1 Å². The highest BCUT2D eigenvalue weighted by molar-refractivity contribution is 7.21. The van der Waals surface area contributed by atoms with E-state index in [1.165, 1.54) is 28.0 Å². The van der Waals surface area contributed by atoms with Gasteiger partial charge in [0, 0.05) is 30.1 Å². The molecule has 2 atom stereocenters. The third-order valence-corrected chi connectivity index (χ3v) is 10.5. The molecule has 2 N–H and O–H groups in total. The van der Waals surface area contributed by atoms with Crippen LogP contribution < -0.4 is 21.3 Å². The average molecular weight is 674 g/mol. The van der Waals surface area contributed by atoms with Crippen LogP contribution >= 0.6 is 11.3 Å². The Morgan fingerprint density at radius 1 is 1.06 bits per heavy atom. The number of fused-ring (bicyclic) bond motifs is 1. The van der Waals surface area contributed by atoms with Crippen LogP contribution in [0.1, 0.15) is 60.9 Å². The number of nitrogens with zero attached hydrogens (tertiary/aromatic N) is 4. The molecule has 0 radical (unpaired) electrons. The van der Waals surface area contributed by atoms with Crippen LogP contribution in [0.5, 0.6) is 5.75 Å². The zero-order valence-electron chi connectivity index (χ0n) is 26.4. The maximum atomic E-state index is 15.0. The fourth-order valence-corrected chi connectivity index (χ4v) is 7.90. The molecule has 0 spiro atoms. The van der Waals surface area contributed by atoms with Crippen LogP contribution in [0.4, 0.5) is 4.39 Å². The SMILES string of the molecule is Cc1c(-n2cccn2)sc2c1c(=O)n([C@H]1CCNC1=O)c(=O)n2C[C@H](O[C@H]1CC[C@@H](O)CC1)c1cc(F)ccc1OCc1ccccc1. The summed E-state index contributed by atoms with van der Waals surface area (Å²) in [6.07, 6.45) is 4.39. The summed E-state index contributed by atoms with van der Waals surface area (Å²) >= 11 is 1.24. The zero-order valence-corrected chi connectivity index (χ0v) is 27.2. The lowest BCUT2D eigenvalue weighted by atomic mass is 9.94. The van der Waals surface area contributed by atoms with Crippen molar-refractivity contribution in [1.29, 1.82) is 0 Å². The molecule has 3 aromatic heterocycles. The number of halogens is 1. The second-order valence-corrected chi connectivity index (χ2v) is 13.3. The first-order valence-electron chi connectivity index (χ1n) is 16.1. The summed E-state index contributed by atoms with van der Waals surface area (Å²) in [5.74, 6) is -0.494. The fourth-order valence-electron chi connectivity index (χ4n) is 6.66. The Hall–Kier alpha value is -4.59. The van der Waals surface area contributed by atoms with Gasteiger partial charge in [-0.2, -0.15) is 5.10 Å². The lowest BCUT2D eigenvalue weighted by Crippen LogP contribution is -2.44. The Morgan fingerprint density at radius 2 is 1.85 bits per heavy atom. The zero-order chi connectivity index (χ0) is 33.4. The summed E-state index contributed by atoms with van der Waals surface area (Å²) in [4.78, 5) is 41.8. The molecule has 1 saturated carbocycles. The second kappa shape index (κ2) is 13.5. The molecule has 1 amide bonds. The molecule has 1 saturated heterocycles. The van der Waals surface area contributed by atoms with Crippen LogP contribution in [-0.2, 0) is 22.7 Å². The molecule has 5 aromatic rings. The fraction of sp³-hybridized carbons (Fsp3) is 0.371. The van der Waals surface area contributed by atoms with Crippen molar-refractivity contribution in [2.75, 3.05) is 6.54 Å². The molecule has 1 aliphatic heterocycles. The average Bonchev–Trinajstić information content (AvgIpc) is 3.84. The normalized spacial score (nSPS) is 20.2. The van der Waals surface area contributed by atoms with Gasteiger partial charge in [-0.1, -0.05) is 41.7 Å². The van der Waals surface area contributed by atoms with Gasteiger partial charge >= 0.3 is 5.69 Å². The Bertz CT molecular complexity index is 2050. The van der Waals surface area contributed by atoms with Gasteiger partial charge in [0.1, 0.15) is 40.2 Å². The third-order valence-electron chi connectivity index (χ3n) is 9.17. The molecule has 2 aromatic carbocycles. The van der Waals surface area contributed by atoms with E-state index in [-0.39, 0.29) is 19.3 Å². The Labute approximate surface area is 279 Å². The Morgan fingerprint density at radius 3 is 2.56 bits per heavy atom. The molecule has 0 bridgehead atoms. The van der Waals surface area contributed by atoms with E-state index in [0.29, 0.717) is 70.7 Å². The number of amides is 1. The van der Waals surface area contributed by atoms with Crippen molar-refractivity contribution < 1.29 is 23.8 Å². The van der Waals surface area contributed by atoms with Gasteiger partial charge in [0.2, 0.25) is 5.91 Å². The monoisotopic (exact) mass is 673 g/mol. The quantitative estimate of drug-likeness (QED) is 0.222. The van der Waals surface area contributed by atoms with E-state index in [1.54, 1.807) is 36.1 Å². The number of ether oxygens (including phenoxy) is 2. The number of benzene rings is 2. The maximum absolute atomic E-state index is 15.0. The van der Waals surface area contributed by atoms with E-state index in [0.717, 1.165) is 10.1 Å². The van der Waals surface area contributed by atoms with E-state index >= 15 is 4.39 Å². The third kappa shape index (κ3) is 6.20. The number of hydrogen-bond donors (Lipinski definition) is 2. The first kappa shape index (κ1) is 32.0. The number of hydrogen-bond acceptors (Lipinski definition) is 8. The summed E-state index contributed by atoms with van der Waals surface area (Å²) in [6, 6.07) is 14.6. The topological polar surface area (TPSA) is 130 Å².